The SMILES string of the molecule is CC(C)[C@](C)(C#N)NC(=O)Cn1nnn(-c2cccs2)c1=O. The molecule has 0 saturated carbocycles. The number of tetrazole rings is 1. The molecular formula is C13H16N6O2S. The molecule has 0 radical (unpaired) electrons. The monoisotopic (exact) mass is 320 g/mol. The largest absolute Gasteiger partial charge is 0.369 e. The van der Waals surface area contributed by atoms with E-state index in [1.54, 1.807) is 19.1 Å². The first kappa shape index (κ1) is 15.9. The van der Waals surface area contributed by atoms with E-state index in [0.717, 1.165) is 9.36 Å². The molecule has 22 heavy (non-hydrogen) atoms. The lowest BCUT2D eigenvalue weighted by atomic mass is 9.90. The summed E-state index contributed by atoms with van der Waals surface area (Å²) in [7, 11) is 0. The standard InChI is InChI=1S/C13H16N6O2S/c1-9(2)13(3,8-14)15-10(20)7-18-12(21)19(17-16-18)11-5-4-6-22-11/h4-6,9H,7H2,1-3H3,(H,15,20)/t13-/m0/s1. The molecule has 2 rings (SSSR count). The summed E-state index contributed by atoms with van der Waals surface area (Å²) in [4.78, 5) is 24.2. The maximum Gasteiger partial charge on any atom is 0.369 e. The molecule has 1 atom stereocenters. The average molecular weight is 320 g/mol. The third-order valence-corrected chi connectivity index (χ3v) is 4.28. The number of hydrogen-bond acceptors (Lipinski definition) is 6. The van der Waals surface area contributed by atoms with Crippen molar-refractivity contribution < 1.29 is 4.79 Å². The van der Waals surface area contributed by atoms with E-state index in [1.807, 2.05) is 19.2 Å². The Bertz CT molecular complexity index is 754. The number of nitrogens with one attached hydrogen (secondary N) is 1. The molecule has 116 valence electrons. The van der Waals surface area contributed by atoms with Gasteiger partial charge in [-0.25, -0.2) is 4.79 Å². The Morgan fingerprint density at radius 3 is 2.82 bits per heavy atom. The number of carbonyl (C=O) groups is 1. The molecule has 0 aliphatic carbocycles. The van der Waals surface area contributed by atoms with Gasteiger partial charge in [0.1, 0.15) is 17.1 Å². The van der Waals surface area contributed by atoms with Crippen molar-refractivity contribution in [3.05, 3.63) is 28.0 Å². The number of hydrogen-bond donors (Lipinski definition) is 1. The van der Waals surface area contributed by atoms with Crippen molar-refractivity contribution in [3.63, 3.8) is 0 Å². The minimum Gasteiger partial charge on any atom is -0.336 e. The Morgan fingerprint density at radius 2 is 2.27 bits per heavy atom. The number of nitrogens with zero attached hydrogens (tertiary/aromatic N) is 5. The number of thiophene rings is 1. The highest BCUT2D eigenvalue weighted by atomic mass is 32.1. The smallest absolute Gasteiger partial charge is 0.336 e. The van der Waals surface area contributed by atoms with E-state index in [2.05, 4.69) is 21.8 Å². The molecule has 0 unspecified atom stereocenters. The van der Waals surface area contributed by atoms with Crippen LogP contribution < -0.4 is 11.0 Å². The maximum atomic E-state index is 12.1. The molecule has 0 fully saturated rings. The molecule has 0 aromatic carbocycles. The van der Waals surface area contributed by atoms with E-state index in [1.165, 1.54) is 11.3 Å². The van der Waals surface area contributed by atoms with Gasteiger partial charge in [0.2, 0.25) is 5.91 Å². The average Bonchev–Trinajstić information content (AvgIpc) is 3.09. The quantitative estimate of drug-likeness (QED) is 0.866. The van der Waals surface area contributed by atoms with Gasteiger partial charge in [0, 0.05) is 0 Å². The van der Waals surface area contributed by atoms with Crippen LogP contribution in [0.5, 0.6) is 0 Å². The van der Waals surface area contributed by atoms with Crippen molar-refractivity contribution in [2.75, 3.05) is 0 Å². The van der Waals surface area contributed by atoms with Crippen molar-refractivity contribution in [1.82, 2.24) is 25.1 Å². The number of amides is 1. The fraction of sp³-hybridized carbons (Fsp3) is 0.462. The topological polar surface area (TPSA) is 106 Å². The molecular weight excluding hydrogens is 304 g/mol. The lowest BCUT2D eigenvalue weighted by molar-refractivity contribution is -0.123. The first-order chi connectivity index (χ1) is 10.4. The molecule has 8 nitrogen and oxygen atoms in total. The van der Waals surface area contributed by atoms with E-state index in [0.29, 0.717) is 5.00 Å². The van der Waals surface area contributed by atoms with E-state index >= 15 is 0 Å². The van der Waals surface area contributed by atoms with Gasteiger partial charge < -0.3 is 5.32 Å². The van der Waals surface area contributed by atoms with E-state index in [4.69, 9.17) is 0 Å². The molecule has 0 aliphatic heterocycles. The van der Waals surface area contributed by atoms with E-state index in [-0.39, 0.29) is 12.5 Å². The van der Waals surface area contributed by atoms with Gasteiger partial charge in [0.05, 0.1) is 6.07 Å². The van der Waals surface area contributed by atoms with Crippen LogP contribution in [0.4, 0.5) is 0 Å². The van der Waals surface area contributed by atoms with E-state index in [9.17, 15) is 14.9 Å². The molecule has 2 aromatic heterocycles. The molecule has 1 N–H and O–H groups in total. The van der Waals surface area contributed by atoms with Crippen molar-refractivity contribution in [1.29, 1.82) is 5.26 Å². The molecule has 2 aromatic rings. The molecule has 1 amide bonds. The van der Waals surface area contributed by atoms with Crippen LogP contribution in [0.1, 0.15) is 20.8 Å². The van der Waals surface area contributed by atoms with Crippen LogP contribution in [0.3, 0.4) is 0 Å². The highest BCUT2D eigenvalue weighted by molar-refractivity contribution is 7.12. The van der Waals surface area contributed by atoms with Crippen LogP contribution in [0.15, 0.2) is 22.3 Å². The predicted molar refractivity (Wildman–Crippen MR) is 80.5 cm³/mol. The van der Waals surface area contributed by atoms with Crippen LogP contribution in [0, 0.1) is 17.2 Å². The lowest BCUT2D eigenvalue weighted by Gasteiger charge is -2.27. The summed E-state index contributed by atoms with van der Waals surface area (Å²) in [5.41, 5.74) is -1.49. The minimum absolute atomic E-state index is 0.0695. The summed E-state index contributed by atoms with van der Waals surface area (Å²) >= 11 is 1.34. The second kappa shape index (κ2) is 6.11. The van der Waals surface area contributed by atoms with Crippen molar-refractivity contribution in [2.45, 2.75) is 32.9 Å². The number of rotatable bonds is 5. The van der Waals surface area contributed by atoms with Gasteiger partial charge >= 0.3 is 5.69 Å². The van der Waals surface area contributed by atoms with Crippen molar-refractivity contribution in [3.8, 4) is 11.1 Å². The van der Waals surface area contributed by atoms with Gasteiger partial charge in [-0.3, -0.25) is 4.79 Å². The molecule has 0 saturated heterocycles. The zero-order chi connectivity index (χ0) is 16.3. The van der Waals surface area contributed by atoms with Crippen LogP contribution in [-0.4, -0.2) is 31.2 Å². The predicted octanol–water partition coefficient (Wildman–Crippen LogP) is 0.545. The third-order valence-electron chi connectivity index (χ3n) is 3.43. The first-order valence-electron chi connectivity index (χ1n) is 6.66. The van der Waals surface area contributed by atoms with Crippen molar-refractivity contribution >= 4 is 17.2 Å². The second-order valence-corrected chi connectivity index (χ2v) is 6.23. The normalized spacial score (nSPS) is 13.6. The van der Waals surface area contributed by atoms with Gasteiger partial charge in [0.15, 0.2) is 0 Å². The maximum absolute atomic E-state index is 12.1. The zero-order valence-electron chi connectivity index (χ0n) is 12.5. The minimum atomic E-state index is -0.996. The Morgan fingerprint density at radius 1 is 1.55 bits per heavy atom. The van der Waals surface area contributed by atoms with Crippen LogP contribution in [0.25, 0.3) is 5.00 Å². The van der Waals surface area contributed by atoms with Crippen LogP contribution in [-0.2, 0) is 11.3 Å². The highest BCUT2D eigenvalue weighted by Gasteiger charge is 2.30. The number of nitriles is 1. The molecule has 0 spiro atoms. The van der Waals surface area contributed by atoms with Gasteiger partial charge in [0.25, 0.3) is 0 Å². The lowest BCUT2D eigenvalue weighted by Crippen LogP contribution is -2.50. The van der Waals surface area contributed by atoms with Crippen LogP contribution in [0.2, 0.25) is 0 Å². The van der Waals surface area contributed by atoms with E-state index < -0.39 is 17.1 Å². The Hall–Kier alpha value is -2.47. The molecule has 0 aliphatic rings. The third kappa shape index (κ3) is 3.07. The van der Waals surface area contributed by atoms with Crippen LogP contribution >= 0.6 is 11.3 Å². The number of carbonyl (C=O) groups excluding carboxylic acids is 1. The summed E-state index contributed by atoms with van der Waals surface area (Å²) in [5, 5.41) is 21.7. The van der Waals surface area contributed by atoms with Gasteiger partial charge in [-0.15, -0.1) is 11.3 Å². The summed E-state index contributed by atoms with van der Waals surface area (Å²) in [5.74, 6) is -0.530. The van der Waals surface area contributed by atoms with Crippen molar-refractivity contribution in [2.24, 2.45) is 5.92 Å². The fourth-order valence-electron chi connectivity index (χ4n) is 1.67. The highest BCUT2D eigenvalue weighted by Crippen LogP contribution is 2.15. The number of aromatic nitrogens is 4. The zero-order valence-corrected chi connectivity index (χ0v) is 13.3. The summed E-state index contributed by atoms with van der Waals surface area (Å²) in [6.07, 6.45) is 0. The summed E-state index contributed by atoms with van der Waals surface area (Å²) in [6, 6.07) is 5.60. The summed E-state index contributed by atoms with van der Waals surface area (Å²) < 4.78 is 2.09. The van der Waals surface area contributed by atoms with Gasteiger partial charge in [-0.05, 0) is 40.8 Å². The Labute approximate surface area is 131 Å². The second-order valence-electron chi connectivity index (χ2n) is 5.30. The Balaban J connectivity index is 2.14. The van der Waals surface area contributed by atoms with Gasteiger partial charge in [-0.1, -0.05) is 13.8 Å². The fourth-order valence-corrected chi connectivity index (χ4v) is 2.34. The first-order valence-corrected chi connectivity index (χ1v) is 7.54. The Kier molecular flexibility index (Phi) is 4.42. The summed E-state index contributed by atoms with van der Waals surface area (Å²) in [6.45, 7) is 5.03. The molecule has 2 heterocycles. The van der Waals surface area contributed by atoms with Gasteiger partial charge in [-0.2, -0.15) is 14.6 Å². The molecule has 9 heteroatoms. The molecule has 0 bridgehead atoms.